The van der Waals surface area contributed by atoms with E-state index in [1.54, 1.807) is 0 Å². The number of benzene rings is 8. The Labute approximate surface area is 393 Å². The third kappa shape index (κ3) is 5.37. The van der Waals surface area contributed by atoms with Crippen molar-refractivity contribution in [3.63, 3.8) is 0 Å². The molecule has 0 unspecified atom stereocenters. The second-order valence-corrected chi connectivity index (χ2v) is 23.6. The van der Waals surface area contributed by atoms with Gasteiger partial charge in [0.05, 0.1) is 5.52 Å². The summed E-state index contributed by atoms with van der Waals surface area (Å²) in [6, 6.07) is 53.8. The summed E-state index contributed by atoms with van der Waals surface area (Å²) < 4.78 is 5.30. The van der Waals surface area contributed by atoms with Crippen LogP contribution in [0.5, 0.6) is 0 Å². The van der Waals surface area contributed by atoms with Gasteiger partial charge in [0.15, 0.2) is 7.28 Å². The van der Waals surface area contributed by atoms with Gasteiger partial charge >= 0.3 is 0 Å². The fourth-order valence-electron chi connectivity index (χ4n) is 12.2. The van der Waals surface area contributed by atoms with E-state index < -0.39 is 0 Å². The van der Waals surface area contributed by atoms with Crippen molar-refractivity contribution in [1.29, 1.82) is 0 Å². The number of anilines is 2. The maximum Gasteiger partial charge on any atom is 0.197 e. The summed E-state index contributed by atoms with van der Waals surface area (Å²) in [6.07, 6.45) is 0. The lowest BCUT2D eigenvalue weighted by Crippen LogP contribution is -2.38. The van der Waals surface area contributed by atoms with E-state index >= 15 is 0 Å². The summed E-state index contributed by atoms with van der Waals surface area (Å²) in [7, 11) is 2.56. The van der Waals surface area contributed by atoms with Crippen LogP contribution in [0.3, 0.4) is 0 Å². The number of fused-ring (bicyclic) bond motifs is 15. The second kappa shape index (κ2) is 13.2. The van der Waals surface area contributed by atoms with Crippen molar-refractivity contribution in [3.05, 3.63) is 173 Å². The minimum Gasteiger partial charge on any atom is -0.355 e. The van der Waals surface area contributed by atoms with Gasteiger partial charge in [-0.3, -0.25) is 0 Å². The lowest BCUT2D eigenvalue weighted by molar-refractivity contribution is 0.590. The van der Waals surface area contributed by atoms with Crippen LogP contribution in [0.1, 0.15) is 103 Å². The van der Waals surface area contributed by atoms with E-state index in [2.05, 4.69) is 226 Å². The lowest BCUT2D eigenvalue weighted by Gasteiger charge is -2.31. The number of aromatic nitrogens is 1. The summed E-state index contributed by atoms with van der Waals surface area (Å²) >= 11 is 1.90. The number of thiophene rings is 1. The van der Waals surface area contributed by atoms with E-state index in [0.29, 0.717) is 0 Å². The summed E-state index contributed by atoms with van der Waals surface area (Å²) in [4.78, 5) is 0. The summed E-state index contributed by atoms with van der Waals surface area (Å²) in [5.41, 5.74) is 24.3. The molecule has 0 spiro atoms. The molecule has 10 aromatic rings. The Kier molecular flexibility index (Phi) is 7.97. The molecular weight excluding hydrogens is 816 g/mol. The van der Waals surface area contributed by atoms with Gasteiger partial charge in [-0.2, -0.15) is 0 Å². The molecule has 0 fully saturated rings. The summed E-state index contributed by atoms with van der Waals surface area (Å²) in [5, 5.41) is 9.45. The summed E-state index contributed by atoms with van der Waals surface area (Å²) in [5.74, 6) is 0. The van der Waals surface area contributed by atoms with Crippen molar-refractivity contribution in [2.24, 2.45) is 0 Å². The molecular formula is C62H54BN2S. The monoisotopic (exact) mass is 869 g/mol. The molecule has 4 heteroatoms. The third-order valence-corrected chi connectivity index (χ3v) is 16.8. The Hall–Kier alpha value is -6.36. The zero-order valence-corrected chi connectivity index (χ0v) is 40.5. The molecule has 1 aliphatic heterocycles. The van der Waals surface area contributed by atoms with Crippen molar-refractivity contribution < 1.29 is 0 Å². The van der Waals surface area contributed by atoms with Gasteiger partial charge in [0.25, 0.3) is 0 Å². The number of nitrogens with one attached hydrogen (secondary N) is 1. The fourth-order valence-corrected chi connectivity index (χ4v) is 13.3. The van der Waals surface area contributed by atoms with Crippen LogP contribution in [-0.4, -0.2) is 11.8 Å². The van der Waals surface area contributed by atoms with Crippen molar-refractivity contribution in [1.82, 2.24) is 4.57 Å². The maximum atomic E-state index is 4.11. The van der Waals surface area contributed by atoms with Gasteiger partial charge in [-0.25, -0.2) is 0 Å². The van der Waals surface area contributed by atoms with Crippen LogP contribution >= 0.6 is 11.3 Å². The van der Waals surface area contributed by atoms with Crippen molar-refractivity contribution in [2.75, 3.05) is 5.32 Å². The van der Waals surface area contributed by atoms with Gasteiger partial charge in [0, 0.05) is 64.5 Å². The molecule has 1 radical (unpaired) electrons. The average Bonchev–Trinajstić information content (AvgIpc) is 3.96. The second-order valence-electron chi connectivity index (χ2n) is 22.5. The lowest BCUT2D eigenvalue weighted by atomic mass is 9.57. The van der Waals surface area contributed by atoms with Gasteiger partial charge in [-0.1, -0.05) is 166 Å². The van der Waals surface area contributed by atoms with Crippen molar-refractivity contribution >= 4 is 82.9 Å². The van der Waals surface area contributed by atoms with Crippen LogP contribution in [-0.2, 0) is 21.7 Å². The van der Waals surface area contributed by atoms with Gasteiger partial charge in [-0.05, 0) is 131 Å². The van der Waals surface area contributed by atoms with E-state index in [-0.39, 0.29) is 21.7 Å². The normalized spacial score (nSPS) is 15.2. The molecule has 2 aromatic heterocycles. The highest BCUT2D eigenvalue weighted by molar-refractivity contribution is 7.25. The molecule has 0 saturated carbocycles. The molecule has 0 saturated heterocycles. The molecule has 3 aliphatic rings. The highest BCUT2D eigenvalue weighted by atomic mass is 32.1. The number of nitrogens with zero attached hydrogens (tertiary/aromatic N) is 1. The first-order valence-electron chi connectivity index (χ1n) is 23.8. The van der Waals surface area contributed by atoms with E-state index in [9.17, 15) is 0 Å². The molecule has 0 bridgehead atoms. The molecule has 0 amide bonds. The minimum absolute atomic E-state index is 0.0146. The van der Waals surface area contributed by atoms with E-state index in [4.69, 9.17) is 0 Å². The minimum atomic E-state index is -0.300. The average molecular weight is 870 g/mol. The molecule has 3 heterocycles. The van der Waals surface area contributed by atoms with Crippen molar-refractivity contribution in [3.8, 4) is 39.1 Å². The SMILES string of the molecule is CC(C)(C)c1ccc(Nc2cc3c(cc2-c2c4c(c5c6cc(C(C)(C)C)ccc6n6c5c2[B]c2cc5c(cc2-6)sc2ccccc25)-c2ccccc2C4(C)C)-c2ccccc2C3(C)C)cc1. The van der Waals surface area contributed by atoms with Crippen LogP contribution in [0, 0.1) is 0 Å². The predicted molar refractivity (Wildman–Crippen MR) is 286 cm³/mol. The van der Waals surface area contributed by atoms with Gasteiger partial charge < -0.3 is 9.88 Å². The van der Waals surface area contributed by atoms with Crippen LogP contribution in [0.25, 0.3) is 81.0 Å². The molecule has 2 aliphatic carbocycles. The Morgan fingerprint density at radius 3 is 1.94 bits per heavy atom. The van der Waals surface area contributed by atoms with Crippen molar-refractivity contribution in [2.45, 2.75) is 90.9 Å². The predicted octanol–water partition coefficient (Wildman–Crippen LogP) is 15.7. The van der Waals surface area contributed by atoms with E-state index in [0.717, 1.165) is 11.4 Å². The Balaban J connectivity index is 1.21. The van der Waals surface area contributed by atoms with Crippen LogP contribution in [0.2, 0.25) is 0 Å². The topological polar surface area (TPSA) is 17.0 Å². The first kappa shape index (κ1) is 40.0. The Morgan fingerprint density at radius 2 is 1.20 bits per heavy atom. The first-order chi connectivity index (χ1) is 31.5. The fraction of sp³-hybridized carbons (Fsp3) is 0.226. The standard InChI is InChI=1S/C62H54BN2S/c1-59(2,3)34-23-26-36(27-24-34)64-48-32-46-40(37-17-11-14-20-44(37)61(46,7)8)30-42(48)55-56-53(39-19-12-15-21-45(39)62(56,9)10)54-43-29-35(60(4,5)6)25-28-49(43)65-50-33-52-41(31-47(50)63-57(55)58(54)65)38-18-13-16-22-51(38)66-52/h11-33,64H,1-10H3. The highest BCUT2D eigenvalue weighted by Crippen LogP contribution is 2.59. The molecule has 0 atom stereocenters. The zero-order chi connectivity index (χ0) is 45.4. The van der Waals surface area contributed by atoms with Gasteiger partial charge in [0.2, 0.25) is 0 Å². The quantitative estimate of drug-likeness (QED) is 0.175. The van der Waals surface area contributed by atoms with Crippen LogP contribution in [0.15, 0.2) is 140 Å². The maximum absolute atomic E-state index is 4.11. The number of hydrogen-bond acceptors (Lipinski definition) is 2. The smallest absolute Gasteiger partial charge is 0.197 e. The Morgan fingerprint density at radius 1 is 0.530 bits per heavy atom. The molecule has 321 valence electrons. The van der Waals surface area contributed by atoms with Crippen LogP contribution < -0.4 is 16.2 Å². The molecule has 13 rings (SSSR count). The largest absolute Gasteiger partial charge is 0.355 e. The van der Waals surface area contributed by atoms with E-state index in [1.165, 1.54) is 125 Å². The molecule has 66 heavy (non-hydrogen) atoms. The number of rotatable bonds is 3. The van der Waals surface area contributed by atoms with E-state index in [1.807, 2.05) is 11.3 Å². The molecule has 8 aromatic carbocycles. The van der Waals surface area contributed by atoms with Crippen LogP contribution in [0.4, 0.5) is 11.4 Å². The highest BCUT2D eigenvalue weighted by Gasteiger charge is 2.44. The molecule has 2 nitrogen and oxygen atoms in total. The zero-order valence-electron chi connectivity index (χ0n) is 39.7. The van der Waals surface area contributed by atoms with Gasteiger partial charge in [0.1, 0.15) is 0 Å². The van der Waals surface area contributed by atoms with Gasteiger partial charge in [-0.15, -0.1) is 11.3 Å². The molecule has 1 N–H and O–H groups in total. The Bertz CT molecular complexity index is 3770. The number of hydrogen-bond donors (Lipinski definition) is 1. The summed E-state index contributed by atoms with van der Waals surface area (Å²) in [6.45, 7) is 23.7. The first-order valence-corrected chi connectivity index (χ1v) is 24.6. The third-order valence-electron chi connectivity index (χ3n) is 15.7.